The second-order valence-corrected chi connectivity index (χ2v) is 7.61. The van der Waals surface area contributed by atoms with Gasteiger partial charge in [-0.15, -0.1) is 11.3 Å². The van der Waals surface area contributed by atoms with Gasteiger partial charge in [0.15, 0.2) is 0 Å². The summed E-state index contributed by atoms with van der Waals surface area (Å²) in [5.41, 5.74) is 1.10. The number of methoxy groups -OCH3 is 1. The Kier molecular flexibility index (Phi) is 5.94. The molecule has 1 aliphatic heterocycles. The first kappa shape index (κ1) is 17.5. The molecule has 1 aliphatic rings. The summed E-state index contributed by atoms with van der Waals surface area (Å²) in [6.07, 6.45) is 5.69. The van der Waals surface area contributed by atoms with Crippen LogP contribution in [0.25, 0.3) is 10.6 Å². The minimum absolute atomic E-state index is 0.551. The predicted molar refractivity (Wildman–Crippen MR) is 98.1 cm³/mol. The highest BCUT2D eigenvalue weighted by Crippen LogP contribution is 2.26. The molecule has 3 heterocycles. The molecule has 0 saturated carbocycles. The topological polar surface area (TPSA) is 41.5 Å². The van der Waals surface area contributed by atoms with Crippen LogP contribution in [-0.2, 0) is 11.3 Å². The first-order valence-electron chi connectivity index (χ1n) is 8.49. The van der Waals surface area contributed by atoms with E-state index in [2.05, 4.69) is 39.7 Å². The minimum atomic E-state index is 0.551. The molecule has 0 N–H and O–H groups in total. The third kappa shape index (κ3) is 4.19. The maximum Gasteiger partial charge on any atom is 0.125 e. The molecule has 2 atom stereocenters. The van der Waals surface area contributed by atoms with Crippen molar-refractivity contribution in [2.45, 2.75) is 32.5 Å². The van der Waals surface area contributed by atoms with Gasteiger partial charge in [0.05, 0.1) is 6.61 Å². The Balaban J connectivity index is 1.60. The van der Waals surface area contributed by atoms with Gasteiger partial charge in [0.2, 0.25) is 0 Å². The molecule has 0 aliphatic carbocycles. The number of ether oxygens (including phenoxy) is 1. The van der Waals surface area contributed by atoms with Gasteiger partial charge in [-0.2, -0.15) is 0 Å². The van der Waals surface area contributed by atoms with Crippen molar-refractivity contribution >= 4 is 11.3 Å². The Labute approximate surface area is 148 Å². The van der Waals surface area contributed by atoms with Crippen LogP contribution in [0.3, 0.4) is 0 Å². The molecule has 2 aromatic heterocycles. The third-order valence-electron chi connectivity index (χ3n) is 4.57. The highest BCUT2D eigenvalue weighted by atomic mass is 32.1. The number of hydrogen-bond acceptors (Lipinski definition) is 6. The van der Waals surface area contributed by atoms with Crippen LogP contribution in [0.2, 0.25) is 0 Å². The summed E-state index contributed by atoms with van der Waals surface area (Å²) in [6, 6.07) is 5.12. The predicted octanol–water partition coefficient (Wildman–Crippen LogP) is 2.75. The van der Waals surface area contributed by atoms with Crippen LogP contribution in [0.5, 0.6) is 0 Å². The lowest BCUT2D eigenvalue weighted by Gasteiger charge is -2.44. The fraction of sp³-hybridized carbons (Fsp3) is 0.556. The molecule has 1 saturated heterocycles. The Morgan fingerprint density at radius 2 is 2.04 bits per heavy atom. The molecule has 2 aromatic rings. The number of thiazole rings is 1. The summed E-state index contributed by atoms with van der Waals surface area (Å²) in [7, 11) is 1.77. The van der Waals surface area contributed by atoms with E-state index in [1.807, 2.05) is 18.5 Å². The number of aromatic nitrogens is 2. The maximum absolute atomic E-state index is 5.24. The highest BCUT2D eigenvalue weighted by Gasteiger charge is 2.29. The molecular formula is C18H26N4OS. The van der Waals surface area contributed by atoms with Crippen molar-refractivity contribution in [2.75, 3.05) is 33.4 Å². The molecule has 0 amide bonds. The van der Waals surface area contributed by atoms with Crippen LogP contribution >= 0.6 is 11.3 Å². The van der Waals surface area contributed by atoms with Crippen LogP contribution in [0.4, 0.5) is 0 Å². The van der Waals surface area contributed by atoms with Crippen LogP contribution in [0, 0.1) is 0 Å². The molecule has 6 heteroatoms. The number of piperazine rings is 1. The number of pyridine rings is 1. The SMILES string of the molecule is COCCN1[C@H](C)CN(Cc2cnc(-c3cccnc3)s2)C[C@H]1C. The van der Waals surface area contributed by atoms with E-state index >= 15 is 0 Å². The van der Waals surface area contributed by atoms with E-state index < -0.39 is 0 Å². The van der Waals surface area contributed by atoms with Crippen LogP contribution in [0.1, 0.15) is 18.7 Å². The molecule has 0 radical (unpaired) electrons. The van der Waals surface area contributed by atoms with E-state index in [0.29, 0.717) is 12.1 Å². The number of hydrogen-bond donors (Lipinski definition) is 0. The summed E-state index contributed by atoms with van der Waals surface area (Å²) in [4.78, 5) is 15.2. The van der Waals surface area contributed by atoms with Crippen LogP contribution in [0.15, 0.2) is 30.7 Å². The standard InChI is InChI=1S/C18H26N4OS/c1-14-11-21(12-15(2)22(14)7-8-23-3)13-17-10-20-18(24-17)16-5-4-6-19-9-16/h4-6,9-10,14-15H,7-8,11-13H2,1-3H3/t14-,15-/m1/s1. The summed E-state index contributed by atoms with van der Waals surface area (Å²) in [5, 5.41) is 1.05. The van der Waals surface area contributed by atoms with Crippen molar-refractivity contribution in [3.05, 3.63) is 35.6 Å². The van der Waals surface area contributed by atoms with Gasteiger partial charge in [-0.05, 0) is 26.0 Å². The third-order valence-corrected chi connectivity index (χ3v) is 5.60. The zero-order chi connectivity index (χ0) is 16.9. The lowest BCUT2D eigenvalue weighted by molar-refractivity contribution is 0.0182. The van der Waals surface area contributed by atoms with E-state index in [1.54, 1.807) is 24.6 Å². The quantitative estimate of drug-likeness (QED) is 0.804. The molecule has 1 fully saturated rings. The Morgan fingerprint density at radius 3 is 2.71 bits per heavy atom. The molecule has 3 rings (SSSR count). The largest absolute Gasteiger partial charge is 0.383 e. The first-order valence-corrected chi connectivity index (χ1v) is 9.31. The van der Waals surface area contributed by atoms with Gasteiger partial charge in [-0.1, -0.05) is 0 Å². The maximum atomic E-state index is 5.24. The van der Waals surface area contributed by atoms with E-state index in [9.17, 15) is 0 Å². The van der Waals surface area contributed by atoms with Gasteiger partial charge in [0.25, 0.3) is 0 Å². The summed E-state index contributed by atoms with van der Waals surface area (Å²) >= 11 is 1.77. The molecule has 130 valence electrons. The van der Waals surface area contributed by atoms with Crippen molar-refractivity contribution in [1.82, 2.24) is 19.8 Å². The van der Waals surface area contributed by atoms with Gasteiger partial charge in [0, 0.05) is 74.4 Å². The normalized spacial score (nSPS) is 22.8. The fourth-order valence-corrected chi connectivity index (χ4v) is 4.40. The number of rotatable bonds is 6. The Bertz CT molecular complexity index is 621. The van der Waals surface area contributed by atoms with Gasteiger partial charge < -0.3 is 4.74 Å². The molecular weight excluding hydrogens is 320 g/mol. The zero-order valence-corrected chi connectivity index (χ0v) is 15.5. The van der Waals surface area contributed by atoms with Gasteiger partial charge >= 0.3 is 0 Å². The Morgan fingerprint density at radius 1 is 1.25 bits per heavy atom. The molecule has 24 heavy (non-hydrogen) atoms. The second kappa shape index (κ2) is 8.16. The summed E-state index contributed by atoms with van der Waals surface area (Å²) < 4.78 is 5.24. The Hall–Kier alpha value is -1.34. The van der Waals surface area contributed by atoms with Gasteiger partial charge in [-0.3, -0.25) is 14.8 Å². The molecule has 5 nitrogen and oxygen atoms in total. The van der Waals surface area contributed by atoms with Gasteiger partial charge in [-0.25, -0.2) is 4.98 Å². The molecule has 0 aromatic carbocycles. The van der Waals surface area contributed by atoms with E-state index in [-0.39, 0.29) is 0 Å². The average Bonchev–Trinajstić information content (AvgIpc) is 3.03. The summed E-state index contributed by atoms with van der Waals surface area (Å²) in [6.45, 7) is 9.60. The minimum Gasteiger partial charge on any atom is -0.383 e. The molecule has 0 spiro atoms. The van der Waals surface area contributed by atoms with Crippen molar-refractivity contribution in [1.29, 1.82) is 0 Å². The van der Waals surface area contributed by atoms with Crippen LogP contribution in [-0.4, -0.2) is 65.2 Å². The summed E-state index contributed by atoms with van der Waals surface area (Å²) in [5.74, 6) is 0. The monoisotopic (exact) mass is 346 g/mol. The fourth-order valence-electron chi connectivity index (χ4n) is 3.46. The number of nitrogens with zero attached hydrogens (tertiary/aromatic N) is 4. The van der Waals surface area contributed by atoms with Crippen molar-refractivity contribution < 1.29 is 4.74 Å². The smallest absolute Gasteiger partial charge is 0.125 e. The van der Waals surface area contributed by atoms with E-state index in [1.165, 1.54) is 4.88 Å². The lowest BCUT2D eigenvalue weighted by atomic mass is 10.1. The molecule has 0 unspecified atom stereocenters. The van der Waals surface area contributed by atoms with E-state index in [0.717, 1.165) is 43.4 Å². The second-order valence-electron chi connectivity index (χ2n) is 6.50. The molecule has 0 bridgehead atoms. The first-order chi connectivity index (χ1) is 11.7. The van der Waals surface area contributed by atoms with Gasteiger partial charge in [0.1, 0.15) is 5.01 Å². The highest BCUT2D eigenvalue weighted by molar-refractivity contribution is 7.15. The van der Waals surface area contributed by atoms with Crippen molar-refractivity contribution in [3.8, 4) is 10.6 Å². The van der Waals surface area contributed by atoms with E-state index in [4.69, 9.17) is 4.74 Å². The average molecular weight is 347 g/mol. The zero-order valence-electron chi connectivity index (χ0n) is 14.7. The van der Waals surface area contributed by atoms with Crippen LogP contribution < -0.4 is 0 Å². The lowest BCUT2D eigenvalue weighted by Crippen LogP contribution is -2.56. The van der Waals surface area contributed by atoms with Crippen molar-refractivity contribution in [3.63, 3.8) is 0 Å². The van der Waals surface area contributed by atoms with Crippen molar-refractivity contribution in [2.24, 2.45) is 0 Å².